The zero-order valence-corrected chi connectivity index (χ0v) is 10.0. The molecule has 2 aromatic rings. The summed E-state index contributed by atoms with van der Waals surface area (Å²) in [5.74, 6) is -0.471. The molecule has 6 heteroatoms. The van der Waals surface area contributed by atoms with E-state index in [-0.39, 0.29) is 5.69 Å². The van der Waals surface area contributed by atoms with E-state index in [2.05, 4.69) is 25.7 Å². The first-order chi connectivity index (χ1) is 7.11. The first-order valence-corrected chi connectivity index (χ1v) is 5.21. The molecule has 0 amide bonds. The van der Waals surface area contributed by atoms with E-state index >= 15 is 0 Å². The average Bonchev–Trinajstić information content (AvgIpc) is 2.60. The second-order valence-corrected chi connectivity index (χ2v) is 4.15. The third kappa shape index (κ3) is 1.85. The number of fused-ring (bicyclic) bond motifs is 1. The van der Waals surface area contributed by atoms with Crippen LogP contribution in [0, 0.1) is 0 Å². The zero-order valence-electron chi connectivity index (χ0n) is 7.70. The molecule has 15 heavy (non-hydrogen) atoms. The van der Waals surface area contributed by atoms with Crippen LogP contribution in [0.25, 0.3) is 5.65 Å². The lowest BCUT2D eigenvalue weighted by Crippen LogP contribution is -2.00. The summed E-state index contributed by atoms with van der Waals surface area (Å²) >= 11 is 9.16. The lowest BCUT2D eigenvalue weighted by molar-refractivity contribution is 0.0595. The van der Waals surface area contributed by atoms with Crippen LogP contribution in [0.2, 0.25) is 5.02 Å². The summed E-state index contributed by atoms with van der Waals surface area (Å²) in [7, 11) is 1.31. The molecule has 0 radical (unpaired) electrons. The summed E-state index contributed by atoms with van der Waals surface area (Å²) in [5.41, 5.74) is 0.875. The van der Waals surface area contributed by atoms with Crippen molar-refractivity contribution in [3.63, 3.8) is 0 Å². The molecule has 0 atom stereocenters. The second-order valence-electron chi connectivity index (χ2n) is 2.85. The number of ether oxygens (including phenoxy) is 1. The molecule has 2 heterocycles. The van der Waals surface area contributed by atoms with Gasteiger partial charge in [0.15, 0.2) is 11.3 Å². The Balaban J connectivity index is 2.65. The van der Waals surface area contributed by atoms with Gasteiger partial charge in [0, 0.05) is 12.4 Å². The minimum Gasteiger partial charge on any atom is -0.464 e. The van der Waals surface area contributed by atoms with Crippen molar-refractivity contribution in [2.75, 3.05) is 7.11 Å². The number of aromatic nitrogens is 2. The summed E-state index contributed by atoms with van der Waals surface area (Å²) in [6.45, 7) is 0. The highest BCUT2D eigenvalue weighted by Crippen LogP contribution is 2.22. The maximum atomic E-state index is 11.2. The molecule has 0 aromatic carbocycles. The molecular weight excluding hydrogens is 283 g/mol. The molecule has 4 nitrogen and oxygen atoms in total. The molecule has 2 aromatic heterocycles. The van der Waals surface area contributed by atoms with Gasteiger partial charge in [0.1, 0.15) is 0 Å². The quantitative estimate of drug-likeness (QED) is 0.758. The van der Waals surface area contributed by atoms with Crippen LogP contribution in [0.3, 0.4) is 0 Å². The fourth-order valence-electron chi connectivity index (χ4n) is 1.23. The molecular formula is C9H6BrClN2O2. The Morgan fingerprint density at radius 3 is 3.00 bits per heavy atom. The number of imidazole rings is 1. The molecule has 0 fully saturated rings. The minimum absolute atomic E-state index is 0.250. The van der Waals surface area contributed by atoms with Crippen molar-refractivity contribution in [3.05, 3.63) is 33.6 Å². The van der Waals surface area contributed by atoms with E-state index in [4.69, 9.17) is 11.6 Å². The fraction of sp³-hybridized carbons (Fsp3) is 0.111. The molecule has 0 N–H and O–H groups in total. The van der Waals surface area contributed by atoms with Gasteiger partial charge in [-0.1, -0.05) is 11.6 Å². The van der Waals surface area contributed by atoms with Crippen molar-refractivity contribution in [2.45, 2.75) is 0 Å². The number of halogens is 2. The lowest BCUT2D eigenvalue weighted by Gasteiger charge is -1.96. The maximum absolute atomic E-state index is 11.2. The molecule has 0 saturated heterocycles. The molecule has 0 aliphatic heterocycles. The van der Waals surface area contributed by atoms with Crippen molar-refractivity contribution < 1.29 is 9.53 Å². The monoisotopic (exact) mass is 288 g/mol. The smallest absolute Gasteiger partial charge is 0.358 e. The predicted molar refractivity (Wildman–Crippen MR) is 59.2 cm³/mol. The van der Waals surface area contributed by atoms with Crippen LogP contribution >= 0.6 is 27.5 Å². The van der Waals surface area contributed by atoms with Gasteiger partial charge in [-0.15, -0.1) is 0 Å². The summed E-state index contributed by atoms with van der Waals surface area (Å²) in [5, 5.41) is 0.559. The molecule has 78 valence electrons. The van der Waals surface area contributed by atoms with E-state index in [1.54, 1.807) is 22.9 Å². The Morgan fingerprint density at radius 2 is 2.33 bits per heavy atom. The molecule has 2 rings (SSSR count). The molecule has 0 spiro atoms. The molecule has 0 aliphatic rings. The molecule has 0 bridgehead atoms. The summed E-state index contributed by atoms with van der Waals surface area (Å²) in [6.07, 6.45) is 3.24. The Morgan fingerprint density at radius 1 is 1.60 bits per heavy atom. The highest BCUT2D eigenvalue weighted by molar-refractivity contribution is 9.10. The van der Waals surface area contributed by atoms with Crippen LogP contribution in [-0.4, -0.2) is 22.5 Å². The third-order valence-electron chi connectivity index (χ3n) is 1.87. The van der Waals surface area contributed by atoms with E-state index < -0.39 is 5.97 Å². The van der Waals surface area contributed by atoms with E-state index in [0.29, 0.717) is 10.7 Å². The van der Waals surface area contributed by atoms with Crippen LogP contribution in [0.15, 0.2) is 22.9 Å². The number of carbonyl (C=O) groups excluding carboxylic acids is 1. The van der Waals surface area contributed by atoms with E-state index in [1.165, 1.54) is 7.11 Å². The molecule has 0 unspecified atom stereocenters. The lowest BCUT2D eigenvalue weighted by atomic mass is 10.5. The van der Waals surface area contributed by atoms with Crippen LogP contribution in [0.4, 0.5) is 0 Å². The fourth-order valence-corrected chi connectivity index (χ4v) is 2.11. The third-order valence-corrected chi connectivity index (χ3v) is 2.66. The number of pyridine rings is 1. The van der Waals surface area contributed by atoms with Gasteiger partial charge in [0.25, 0.3) is 0 Å². The number of hydrogen-bond acceptors (Lipinski definition) is 3. The maximum Gasteiger partial charge on any atom is 0.358 e. The van der Waals surface area contributed by atoms with Crippen molar-refractivity contribution in [1.82, 2.24) is 9.38 Å². The summed E-state index contributed by atoms with van der Waals surface area (Å²) in [6, 6.07) is 1.71. The van der Waals surface area contributed by atoms with E-state index in [9.17, 15) is 4.79 Å². The van der Waals surface area contributed by atoms with Gasteiger partial charge in [0.2, 0.25) is 0 Å². The normalized spacial score (nSPS) is 10.6. The number of hydrogen-bond donors (Lipinski definition) is 0. The first-order valence-electron chi connectivity index (χ1n) is 4.04. The van der Waals surface area contributed by atoms with Crippen LogP contribution in [0.5, 0.6) is 0 Å². The number of carbonyl (C=O) groups is 1. The average molecular weight is 290 g/mol. The second kappa shape index (κ2) is 3.83. The van der Waals surface area contributed by atoms with Gasteiger partial charge >= 0.3 is 5.97 Å². The Labute approximate surface area is 98.9 Å². The number of rotatable bonds is 1. The first kappa shape index (κ1) is 10.4. The summed E-state index contributed by atoms with van der Waals surface area (Å²) < 4.78 is 6.97. The van der Waals surface area contributed by atoms with Gasteiger partial charge in [-0.3, -0.25) is 0 Å². The minimum atomic E-state index is -0.471. The highest BCUT2D eigenvalue weighted by atomic mass is 79.9. The molecule has 0 saturated carbocycles. The van der Waals surface area contributed by atoms with Crippen LogP contribution in [0.1, 0.15) is 10.5 Å². The van der Waals surface area contributed by atoms with Gasteiger partial charge in [-0.25, -0.2) is 9.78 Å². The SMILES string of the molecule is COC(=O)c1cn2cc(Cl)cc(Br)c2n1. The van der Waals surface area contributed by atoms with Crippen LogP contribution in [-0.2, 0) is 4.74 Å². The van der Waals surface area contributed by atoms with Gasteiger partial charge in [0.05, 0.1) is 16.6 Å². The van der Waals surface area contributed by atoms with E-state index in [0.717, 1.165) is 4.47 Å². The molecule has 0 aliphatic carbocycles. The van der Waals surface area contributed by atoms with Gasteiger partial charge in [-0.05, 0) is 22.0 Å². The van der Waals surface area contributed by atoms with Crippen molar-refractivity contribution in [2.24, 2.45) is 0 Å². The zero-order chi connectivity index (χ0) is 11.0. The Kier molecular flexibility index (Phi) is 2.67. The number of nitrogens with zero attached hydrogens (tertiary/aromatic N) is 2. The predicted octanol–water partition coefficient (Wildman–Crippen LogP) is 2.54. The van der Waals surface area contributed by atoms with Gasteiger partial charge < -0.3 is 9.14 Å². The Bertz CT molecular complexity index is 538. The van der Waals surface area contributed by atoms with Gasteiger partial charge in [-0.2, -0.15) is 0 Å². The summed E-state index contributed by atoms with van der Waals surface area (Å²) in [4.78, 5) is 15.3. The van der Waals surface area contributed by atoms with E-state index in [1.807, 2.05) is 0 Å². The van der Waals surface area contributed by atoms with Crippen molar-refractivity contribution in [1.29, 1.82) is 0 Å². The standard InChI is InChI=1S/C9H6BrClN2O2/c1-15-9(14)7-4-13-3-5(11)2-6(10)8(13)12-7/h2-4H,1H3. The van der Waals surface area contributed by atoms with Crippen LogP contribution < -0.4 is 0 Å². The number of esters is 1. The van der Waals surface area contributed by atoms with Crippen molar-refractivity contribution >= 4 is 39.1 Å². The Hall–Kier alpha value is -1.07. The topological polar surface area (TPSA) is 43.6 Å². The van der Waals surface area contributed by atoms with Crippen molar-refractivity contribution in [3.8, 4) is 0 Å². The highest BCUT2D eigenvalue weighted by Gasteiger charge is 2.12. The largest absolute Gasteiger partial charge is 0.464 e. The number of methoxy groups -OCH3 is 1.